The first-order chi connectivity index (χ1) is 11.1. The van der Waals surface area contributed by atoms with Crippen LogP contribution in [0, 0.1) is 0 Å². The lowest BCUT2D eigenvalue weighted by atomic mass is 10.1. The van der Waals surface area contributed by atoms with Gasteiger partial charge >= 0.3 is 5.97 Å². The van der Waals surface area contributed by atoms with E-state index in [4.69, 9.17) is 9.84 Å². The summed E-state index contributed by atoms with van der Waals surface area (Å²) in [6.45, 7) is 4.86. The van der Waals surface area contributed by atoms with E-state index < -0.39 is 39.2 Å². The molecular formula is C16H21NO6S. The second-order valence-corrected chi connectivity index (χ2v) is 8.55. The molecule has 1 fully saturated rings. The zero-order valence-electron chi connectivity index (χ0n) is 13.8. The molecule has 1 aromatic carbocycles. The number of carboxylic acid groups (broad SMARTS) is 1. The van der Waals surface area contributed by atoms with Crippen LogP contribution in [0.15, 0.2) is 29.2 Å². The average molecular weight is 355 g/mol. The third-order valence-corrected chi connectivity index (χ3v) is 6.08. The number of aliphatic carboxylic acids is 1. The minimum Gasteiger partial charge on any atom is -0.479 e. The van der Waals surface area contributed by atoms with Gasteiger partial charge in [0.15, 0.2) is 15.9 Å². The Hall–Kier alpha value is -1.93. The van der Waals surface area contributed by atoms with Gasteiger partial charge in [0.25, 0.3) is 5.91 Å². The number of hydrogen-bond acceptors (Lipinski definition) is 5. The number of rotatable bonds is 4. The number of sulfone groups is 1. The third kappa shape index (κ3) is 3.59. The molecule has 0 saturated carbocycles. The summed E-state index contributed by atoms with van der Waals surface area (Å²) >= 11 is 0. The molecule has 1 aromatic rings. The number of hydrogen-bond donors (Lipinski definition) is 1. The van der Waals surface area contributed by atoms with E-state index in [1.165, 1.54) is 17.0 Å². The van der Waals surface area contributed by atoms with Crippen LogP contribution in [-0.2, 0) is 19.4 Å². The molecule has 1 saturated heterocycles. The van der Waals surface area contributed by atoms with Crippen LogP contribution in [0.25, 0.3) is 0 Å². The van der Waals surface area contributed by atoms with Crippen LogP contribution in [0.3, 0.4) is 0 Å². The van der Waals surface area contributed by atoms with E-state index >= 15 is 0 Å². The van der Waals surface area contributed by atoms with E-state index in [2.05, 4.69) is 0 Å². The molecule has 1 N–H and O–H groups in total. The van der Waals surface area contributed by atoms with Gasteiger partial charge in [-0.25, -0.2) is 13.2 Å². The fourth-order valence-corrected chi connectivity index (χ4v) is 3.81. The standard InChI is InChI=1S/C16H21NO6S/c1-10(2)24(21,22)14-7-5-4-6-12(14)15(18)17-8-11(3)23-13(9-17)16(19)20/h4-7,10-11,13H,8-9H2,1-3H3,(H,19,20)/t11-,13?/m1/s1. The minimum atomic E-state index is -3.63. The van der Waals surface area contributed by atoms with E-state index in [9.17, 15) is 18.0 Å². The highest BCUT2D eigenvalue weighted by molar-refractivity contribution is 7.92. The number of benzene rings is 1. The lowest BCUT2D eigenvalue weighted by Crippen LogP contribution is -2.52. The molecule has 0 radical (unpaired) electrons. The molecule has 7 nitrogen and oxygen atoms in total. The van der Waals surface area contributed by atoms with Gasteiger partial charge in [0.05, 0.1) is 28.4 Å². The molecule has 1 amide bonds. The van der Waals surface area contributed by atoms with Gasteiger partial charge in [0, 0.05) is 6.54 Å². The van der Waals surface area contributed by atoms with Crippen LogP contribution in [0.4, 0.5) is 0 Å². The number of amides is 1. The highest BCUT2D eigenvalue weighted by Crippen LogP contribution is 2.23. The molecule has 1 aliphatic rings. The molecule has 0 bridgehead atoms. The quantitative estimate of drug-likeness (QED) is 0.870. The highest BCUT2D eigenvalue weighted by atomic mass is 32.2. The lowest BCUT2D eigenvalue weighted by molar-refractivity contribution is -0.160. The summed E-state index contributed by atoms with van der Waals surface area (Å²) in [5, 5.41) is 8.46. The Labute approximate surface area is 141 Å². The van der Waals surface area contributed by atoms with Crippen molar-refractivity contribution in [1.82, 2.24) is 4.90 Å². The third-order valence-electron chi connectivity index (χ3n) is 3.87. The summed E-state index contributed by atoms with van der Waals surface area (Å²) in [5.41, 5.74) is 0.0597. The van der Waals surface area contributed by atoms with Crippen molar-refractivity contribution in [3.63, 3.8) is 0 Å². The zero-order chi connectivity index (χ0) is 18.1. The predicted octanol–water partition coefficient (Wildman–Crippen LogP) is 1.18. The van der Waals surface area contributed by atoms with Crippen molar-refractivity contribution in [2.45, 2.75) is 43.1 Å². The van der Waals surface area contributed by atoms with Crippen LogP contribution < -0.4 is 0 Å². The van der Waals surface area contributed by atoms with Crippen molar-refractivity contribution < 1.29 is 27.9 Å². The number of carboxylic acids is 1. The normalized spacial score (nSPS) is 21.8. The Morgan fingerprint density at radius 2 is 1.88 bits per heavy atom. The number of nitrogens with zero attached hydrogens (tertiary/aromatic N) is 1. The molecule has 0 spiro atoms. The van der Waals surface area contributed by atoms with Gasteiger partial charge in [-0.3, -0.25) is 4.79 Å². The molecule has 1 unspecified atom stereocenters. The Balaban J connectivity index is 2.39. The van der Waals surface area contributed by atoms with Crippen LogP contribution in [-0.4, -0.2) is 60.8 Å². The van der Waals surface area contributed by atoms with Gasteiger partial charge in [-0.1, -0.05) is 12.1 Å². The van der Waals surface area contributed by atoms with Crippen LogP contribution in [0.1, 0.15) is 31.1 Å². The van der Waals surface area contributed by atoms with Gasteiger partial charge in [-0.05, 0) is 32.9 Å². The smallest absolute Gasteiger partial charge is 0.334 e. The van der Waals surface area contributed by atoms with Gasteiger partial charge in [-0.15, -0.1) is 0 Å². The van der Waals surface area contributed by atoms with Gasteiger partial charge in [-0.2, -0.15) is 0 Å². The van der Waals surface area contributed by atoms with Crippen LogP contribution in [0.2, 0.25) is 0 Å². The van der Waals surface area contributed by atoms with Crippen molar-refractivity contribution >= 4 is 21.7 Å². The van der Waals surface area contributed by atoms with E-state index in [1.54, 1.807) is 32.9 Å². The maximum Gasteiger partial charge on any atom is 0.334 e. The Morgan fingerprint density at radius 3 is 2.46 bits per heavy atom. The molecule has 132 valence electrons. The number of carbonyl (C=O) groups excluding carboxylic acids is 1. The summed E-state index contributed by atoms with van der Waals surface area (Å²) in [7, 11) is -3.63. The SMILES string of the molecule is CC(C)S(=O)(=O)c1ccccc1C(=O)N1CC(C(=O)O)O[C@H](C)C1. The molecule has 2 atom stereocenters. The van der Waals surface area contributed by atoms with Crippen molar-refractivity contribution in [2.24, 2.45) is 0 Å². The summed E-state index contributed by atoms with van der Waals surface area (Å²) in [5.74, 6) is -1.65. The first-order valence-electron chi connectivity index (χ1n) is 7.65. The zero-order valence-corrected chi connectivity index (χ0v) is 14.6. The largest absolute Gasteiger partial charge is 0.479 e. The topological polar surface area (TPSA) is 101 Å². The predicted molar refractivity (Wildman–Crippen MR) is 86.6 cm³/mol. The Kier molecular flexibility index (Phi) is 5.29. The summed E-state index contributed by atoms with van der Waals surface area (Å²) in [4.78, 5) is 25.3. The first-order valence-corrected chi connectivity index (χ1v) is 9.19. The van der Waals surface area contributed by atoms with E-state index in [0.717, 1.165) is 0 Å². The number of ether oxygens (including phenoxy) is 1. The lowest BCUT2D eigenvalue weighted by Gasteiger charge is -2.35. The minimum absolute atomic E-state index is 0.0315. The molecule has 1 heterocycles. The van der Waals surface area contributed by atoms with E-state index in [-0.39, 0.29) is 23.5 Å². The maximum absolute atomic E-state index is 12.8. The average Bonchev–Trinajstić information content (AvgIpc) is 2.53. The molecular weight excluding hydrogens is 334 g/mol. The summed E-state index contributed by atoms with van der Waals surface area (Å²) < 4.78 is 30.3. The van der Waals surface area contributed by atoms with Gasteiger partial charge < -0.3 is 14.7 Å². The Bertz CT molecular complexity index is 743. The van der Waals surface area contributed by atoms with Crippen LogP contribution in [0.5, 0.6) is 0 Å². The monoisotopic (exact) mass is 355 g/mol. The summed E-state index contributed by atoms with van der Waals surface area (Å²) in [6, 6.07) is 6.01. The van der Waals surface area contributed by atoms with Crippen molar-refractivity contribution in [2.75, 3.05) is 13.1 Å². The summed E-state index contributed by atoms with van der Waals surface area (Å²) in [6.07, 6.45) is -1.57. The van der Waals surface area contributed by atoms with Crippen molar-refractivity contribution in [3.8, 4) is 0 Å². The number of morpholine rings is 1. The fourth-order valence-electron chi connectivity index (χ4n) is 2.57. The molecule has 0 aromatic heterocycles. The van der Waals surface area contributed by atoms with Gasteiger partial charge in [0.2, 0.25) is 0 Å². The van der Waals surface area contributed by atoms with Crippen molar-refractivity contribution in [3.05, 3.63) is 29.8 Å². The fraction of sp³-hybridized carbons (Fsp3) is 0.500. The molecule has 8 heteroatoms. The molecule has 2 rings (SSSR count). The second-order valence-electron chi connectivity index (χ2n) is 6.07. The Morgan fingerprint density at radius 1 is 1.25 bits per heavy atom. The van der Waals surface area contributed by atoms with Crippen molar-refractivity contribution in [1.29, 1.82) is 0 Å². The van der Waals surface area contributed by atoms with Gasteiger partial charge in [0.1, 0.15) is 0 Å². The second kappa shape index (κ2) is 6.90. The molecule has 1 aliphatic heterocycles. The number of carbonyl (C=O) groups is 2. The van der Waals surface area contributed by atoms with E-state index in [0.29, 0.717) is 0 Å². The maximum atomic E-state index is 12.8. The highest BCUT2D eigenvalue weighted by Gasteiger charge is 2.35. The first kappa shape index (κ1) is 18.4. The molecule has 0 aliphatic carbocycles. The molecule has 24 heavy (non-hydrogen) atoms. The van der Waals surface area contributed by atoms with Crippen LogP contribution >= 0.6 is 0 Å². The van der Waals surface area contributed by atoms with E-state index in [1.807, 2.05) is 0 Å².